The van der Waals surface area contributed by atoms with Crippen LogP contribution in [0.15, 0.2) is 48.6 Å². The smallest absolute Gasteiger partial charge is 0.462 e. The number of likely N-dealkylation sites (N-methyl/N-ethyl adjacent to an activating group) is 1. The molecule has 0 saturated heterocycles. The van der Waals surface area contributed by atoms with Gasteiger partial charge in [0.05, 0.1) is 27.7 Å². The summed E-state index contributed by atoms with van der Waals surface area (Å²) in [6.07, 6.45) is 53.1. The van der Waals surface area contributed by atoms with Crippen LogP contribution in [-0.2, 0) is 32.7 Å². The molecule has 1 unspecified atom stereocenters. The van der Waals surface area contributed by atoms with Crippen LogP contribution in [0.25, 0.3) is 0 Å². The van der Waals surface area contributed by atoms with Crippen molar-refractivity contribution in [2.24, 2.45) is 0 Å². The summed E-state index contributed by atoms with van der Waals surface area (Å²) in [5.74, 6) is -0.856. The molecule has 2 atom stereocenters. The minimum atomic E-state index is -4.39. The number of hydrogen-bond acceptors (Lipinski definition) is 7. The molecule has 1 N–H and O–H groups in total. The normalized spacial score (nSPS) is 13.8. The third kappa shape index (κ3) is 47.4. The van der Waals surface area contributed by atoms with Crippen molar-refractivity contribution in [3.05, 3.63) is 48.6 Å². The number of carbonyl (C=O) groups excluding carboxylic acids is 2. The monoisotopic (exact) mass is 895 g/mol. The van der Waals surface area contributed by atoms with Crippen LogP contribution < -0.4 is 0 Å². The number of carbonyl (C=O) groups is 2. The number of phosphoric acid groups is 1. The van der Waals surface area contributed by atoms with Gasteiger partial charge in [-0.25, -0.2) is 4.57 Å². The van der Waals surface area contributed by atoms with Gasteiger partial charge in [0.15, 0.2) is 6.10 Å². The molecule has 0 saturated carbocycles. The van der Waals surface area contributed by atoms with Gasteiger partial charge < -0.3 is 18.9 Å². The lowest BCUT2D eigenvalue weighted by Crippen LogP contribution is -2.37. The van der Waals surface area contributed by atoms with E-state index in [1.54, 1.807) is 0 Å². The van der Waals surface area contributed by atoms with Gasteiger partial charge in [0.1, 0.15) is 19.8 Å². The Kier molecular flexibility index (Phi) is 42.7. The molecule has 0 radical (unpaired) electrons. The van der Waals surface area contributed by atoms with Crippen molar-refractivity contribution in [3.8, 4) is 0 Å². The topological polar surface area (TPSA) is 108 Å². The van der Waals surface area contributed by atoms with E-state index in [2.05, 4.69) is 62.5 Å². The second-order valence-electron chi connectivity index (χ2n) is 18.2. The predicted molar refractivity (Wildman–Crippen MR) is 261 cm³/mol. The van der Waals surface area contributed by atoms with Gasteiger partial charge in [0, 0.05) is 12.8 Å². The maximum atomic E-state index is 12.7. The van der Waals surface area contributed by atoms with Crippen molar-refractivity contribution in [3.63, 3.8) is 0 Å². The molecule has 0 amide bonds. The van der Waals surface area contributed by atoms with Crippen molar-refractivity contribution in [2.45, 2.75) is 225 Å². The number of esters is 2. The summed E-state index contributed by atoms with van der Waals surface area (Å²) in [6, 6.07) is 0. The van der Waals surface area contributed by atoms with Crippen LogP contribution >= 0.6 is 7.82 Å². The molecular formula is C52H97NO8P+. The SMILES string of the molecule is CCCCCCCC/C=C\C/C=C\C/C=C\CCCC(=O)OC[C@H](COP(=O)(O)OCC[N+](C)(C)C)OC(=O)CCCCCCCCCCCCC/C=C\CCCCCCCC. The first-order valence-electron chi connectivity index (χ1n) is 25.4. The minimum Gasteiger partial charge on any atom is -0.462 e. The molecule has 0 bridgehead atoms. The summed E-state index contributed by atoms with van der Waals surface area (Å²) < 4.78 is 34.4. The Hall–Kier alpha value is -2.03. The van der Waals surface area contributed by atoms with Gasteiger partial charge in [-0.15, -0.1) is 0 Å². The highest BCUT2D eigenvalue weighted by Crippen LogP contribution is 2.43. The molecule has 0 aliphatic rings. The molecule has 0 aromatic carbocycles. The summed E-state index contributed by atoms with van der Waals surface area (Å²) in [5, 5.41) is 0. The van der Waals surface area contributed by atoms with Gasteiger partial charge in [-0.2, -0.15) is 0 Å². The fourth-order valence-corrected chi connectivity index (χ4v) is 7.59. The maximum Gasteiger partial charge on any atom is 0.472 e. The van der Waals surface area contributed by atoms with Crippen LogP contribution in [0.4, 0.5) is 0 Å². The van der Waals surface area contributed by atoms with Crippen LogP contribution in [-0.4, -0.2) is 74.9 Å². The van der Waals surface area contributed by atoms with Crippen molar-refractivity contribution >= 4 is 19.8 Å². The van der Waals surface area contributed by atoms with Gasteiger partial charge in [-0.1, -0.05) is 184 Å². The van der Waals surface area contributed by atoms with Crippen LogP contribution in [0.3, 0.4) is 0 Å². The average molecular weight is 895 g/mol. The van der Waals surface area contributed by atoms with Gasteiger partial charge >= 0.3 is 19.8 Å². The Bertz CT molecular complexity index is 1190. The number of ether oxygens (including phenoxy) is 2. The lowest BCUT2D eigenvalue weighted by atomic mass is 10.0. The number of allylic oxidation sites excluding steroid dienone is 8. The van der Waals surface area contributed by atoms with E-state index in [4.69, 9.17) is 18.5 Å². The molecule has 0 heterocycles. The molecule has 10 heteroatoms. The Morgan fingerprint density at radius 1 is 0.500 bits per heavy atom. The molecule has 0 spiro atoms. The van der Waals surface area contributed by atoms with E-state index in [-0.39, 0.29) is 26.1 Å². The Morgan fingerprint density at radius 2 is 0.887 bits per heavy atom. The van der Waals surface area contributed by atoms with E-state index in [1.165, 1.54) is 135 Å². The van der Waals surface area contributed by atoms with E-state index in [0.29, 0.717) is 23.9 Å². The molecular weight excluding hydrogens is 798 g/mol. The Labute approximate surface area is 382 Å². The molecule has 0 aromatic heterocycles. The Morgan fingerprint density at radius 3 is 1.35 bits per heavy atom. The van der Waals surface area contributed by atoms with Crippen LogP contribution in [0, 0.1) is 0 Å². The predicted octanol–water partition coefficient (Wildman–Crippen LogP) is 15.0. The fraction of sp³-hybridized carbons (Fsp3) is 0.808. The van der Waals surface area contributed by atoms with Gasteiger partial charge in [-0.05, 0) is 70.6 Å². The lowest BCUT2D eigenvalue weighted by Gasteiger charge is -2.24. The van der Waals surface area contributed by atoms with Crippen LogP contribution in [0.2, 0.25) is 0 Å². The van der Waals surface area contributed by atoms with Crippen molar-refractivity contribution in [1.82, 2.24) is 0 Å². The van der Waals surface area contributed by atoms with E-state index < -0.39 is 32.5 Å². The first-order chi connectivity index (χ1) is 30.0. The summed E-state index contributed by atoms with van der Waals surface area (Å²) >= 11 is 0. The van der Waals surface area contributed by atoms with Crippen LogP contribution in [0.1, 0.15) is 219 Å². The number of unbranched alkanes of at least 4 members (excludes halogenated alkanes) is 24. The van der Waals surface area contributed by atoms with Gasteiger partial charge in [-0.3, -0.25) is 18.6 Å². The molecule has 362 valence electrons. The first-order valence-corrected chi connectivity index (χ1v) is 26.9. The highest BCUT2D eigenvalue weighted by molar-refractivity contribution is 7.47. The second kappa shape index (κ2) is 44.2. The van der Waals surface area contributed by atoms with E-state index in [1.807, 2.05) is 21.1 Å². The number of quaternary nitrogens is 1. The number of rotatable bonds is 46. The standard InChI is InChI=1S/C52H96NO8P/c1-6-8-10-12-14-16-18-20-22-24-25-26-27-29-31-33-35-37-39-41-43-45-52(55)61-50(49-60-62(56,57)59-47-46-53(3,4)5)48-58-51(54)44-42-40-38-36-34-32-30-28-23-21-19-17-15-13-11-9-7-2/h20-23,30,32,36,38,50H,6-19,24-29,31,33-35,37,39-49H2,1-5H3/p+1/b22-20-,23-21-,32-30-,38-36-/t50-/m1/s1. The highest BCUT2D eigenvalue weighted by atomic mass is 31.2. The summed E-state index contributed by atoms with van der Waals surface area (Å²) in [7, 11) is 1.45. The van der Waals surface area contributed by atoms with E-state index in [0.717, 1.165) is 44.9 Å². The van der Waals surface area contributed by atoms with Crippen molar-refractivity contribution in [1.29, 1.82) is 0 Å². The summed E-state index contributed by atoms with van der Waals surface area (Å²) in [5.41, 5.74) is 0. The molecule has 9 nitrogen and oxygen atoms in total. The lowest BCUT2D eigenvalue weighted by molar-refractivity contribution is -0.870. The van der Waals surface area contributed by atoms with E-state index in [9.17, 15) is 19.0 Å². The highest BCUT2D eigenvalue weighted by Gasteiger charge is 2.27. The average Bonchev–Trinajstić information content (AvgIpc) is 3.23. The zero-order chi connectivity index (χ0) is 45.7. The van der Waals surface area contributed by atoms with Gasteiger partial charge in [0.25, 0.3) is 0 Å². The Balaban J connectivity index is 4.32. The van der Waals surface area contributed by atoms with E-state index >= 15 is 0 Å². The maximum absolute atomic E-state index is 12.7. The van der Waals surface area contributed by atoms with Gasteiger partial charge in [0.2, 0.25) is 0 Å². The second-order valence-corrected chi connectivity index (χ2v) is 19.6. The third-order valence-electron chi connectivity index (χ3n) is 10.8. The van der Waals surface area contributed by atoms with Crippen molar-refractivity contribution < 1.29 is 42.1 Å². The summed E-state index contributed by atoms with van der Waals surface area (Å²) in [4.78, 5) is 35.5. The fourth-order valence-electron chi connectivity index (χ4n) is 6.85. The number of hydrogen-bond donors (Lipinski definition) is 1. The first kappa shape index (κ1) is 60.0. The zero-order valence-corrected chi connectivity index (χ0v) is 41.7. The van der Waals surface area contributed by atoms with Crippen LogP contribution in [0.5, 0.6) is 0 Å². The minimum absolute atomic E-state index is 0.0234. The number of phosphoric ester groups is 1. The molecule has 62 heavy (non-hydrogen) atoms. The molecule has 0 rings (SSSR count). The molecule has 0 aromatic rings. The quantitative estimate of drug-likeness (QED) is 0.0212. The summed E-state index contributed by atoms with van der Waals surface area (Å²) in [6.45, 7) is 4.37. The molecule has 0 fully saturated rings. The molecule has 0 aliphatic carbocycles. The van der Waals surface area contributed by atoms with Crippen molar-refractivity contribution in [2.75, 3.05) is 47.5 Å². The molecule has 0 aliphatic heterocycles. The third-order valence-corrected chi connectivity index (χ3v) is 11.8. The zero-order valence-electron chi connectivity index (χ0n) is 40.9. The largest absolute Gasteiger partial charge is 0.472 e. The number of nitrogens with zero attached hydrogens (tertiary/aromatic N) is 1.